The molecule has 0 N–H and O–H groups in total. The molecule has 0 amide bonds. The van der Waals surface area contributed by atoms with Crippen molar-refractivity contribution >= 4 is 27.6 Å². The van der Waals surface area contributed by atoms with E-state index in [1.54, 1.807) is 10.9 Å². The fraction of sp³-hybridized carbons (Fsp3) is 0.462. The Morgan fingerprint density at radius 1 is 1.12 bits per heavy atom. The number of hydrogen-bond acceptors (Lipinski definition) is 6. The largest absolute Gasteiger partial charge is 0.490 e. The first-order valence-corrected chi connectivity index (χ1v) is 12.7. The van der Waals surface area contributed by atoms with Crippen LogP contribution in [-0.2, 0) is 4.74 Å². The van der Waals surface area contributed by atoms with E-state index in [0.717, 1.165) is 60.7 Å². The number of thiophene rings is 1. The average molecular weight is 464 g/mol. The third-order valence-electron chi connectivity index (χ3n) is 7.41. The summed E-state index contributed by atoms with van der Waals surface area (Å²) in [5.74, 6) is 0.872. The molecule has 6 nitrogen and oxygen atoms in total. The van der Waals surface area contributed by atoms with E-state index in [9.17, 15) is 4.79 Å². The normalized spacial score (nSPS) is 25.5. The molecular weight excluding hydrogens is 434 g/mol. The van der Waals surface area contributed by atoms with Crippen molar-refractivity contribution in [3.63, 3.8) is 0 Å². The van der Waals surface area contributed by atoms with Gasteiger partial charge in [-0.25, -0.2) is 4.98 Å². The minimum absolute atomic E-state index is 0.0258. The summed E-state index contributed by atoms with van der Waals surface area (Å²) in [6.45, 7) is 1.56. The Bertz CT molecular complexity index is 1220. The van der Waals surface area contributed by atoms with Gasteiger partial charge in [-0.1, -0.05) is 5.57 Å². The maximum absolute atomic E-state index is 13.2. The number of ether oxygens (including phenoxy) is 2. The highest BCUT2D eigenvalue weighted by Gasteiger charge is 2.39. The molecule has 33 heavy (non-hydrogen) atoms. The van der Waals surface area contributed by atoms with Crippen LogP contribution in [0.5, 0.6) is 5.75 Å². The van der Waals surface area contributed by atoms with Gasteiger partial charge in [0.05, 0.1) is 24.4 Å². The van der Waals surface area contributed by atoms with Gasteiger partial charge in [0, 0.05) is 17.0 Å². The Kier molecular flexibility index (Phi) is 5.56. The average Bonchev–Trinajstić information content (AvgIpc) is 3.31. The SMILES string of the molecule is CN1C2CCC1CC(Oc1ccc(-n3cnc4cc(C=C5CCOCC5)sc4c3=O)cc1)C2. The lowest BCUT2D eigenvalue weighted by atomic mass is 10.0. The molecule has 5 heterocycles. The van der Waals surface area contributed by atoms with E-state index in [1.807, 2.05) is 30.3 Å². The lowest BCUT2D eigenvalue weighted by Crippen LogP contribution is -2.43. The Balaban J connectivity index is 1.21. The maximum atomic E-state index is 13.2. The van der Waals surface area contributed by atoms with Crippen molar-refractivity contribution in [2.75, 3.05) is 20.3 Å². The van der Waals surface area contributed by atoms with E-state index < -0.39 is 0 Å². The minimum Gasteiger partial charge on any atom is -0.490 e. The van der Waals surface area contributed by atoms with Gasteiger partial charge in [-0.15, -0.1) is 11.3 Å². The highest BCUT2D eigenvalue weighted by molar-refractivity contribution is 7.19. The molecule has 0 spiro atoms. The van der Waals surface area contributed by atoms with Crippen LogP contribution in [0.15, 0.2) is 47.0 Å². The van der Waals surface area contributed by atoms with Crippen LogP contribution >= 0.6 is 11.3 Å². The van der Waals surface area contributed by atoms with E-state index in [0.29, 0.717) is 16.8 Å². The van der Waals surface area contributed by atoms with Crippen LogP contribution in [0.3, 0.4) is 0 Å². The summed E-state index contributed by atoms with van der Waals surface area (Å²) in [7, 11) is 2.24. The molecule has 2 atom stereocenters. The molecule has 6 rings (SSSR count). The van der Waals surface area contributed by atoms with Gasteiger partial charge in [-0.3, -0.25) is 9.36 Å². The summed E-state index contributed by atoms with van der Waals surface area (Å²) in [5.41, 5.74) is 2.92. The first kappa shape index (κ1) is 21.1. The van der Waals surface area contributed by atoms with Crippen molar-refractivity contribution in [2.24, 2.45) is 0 Å². The second-order valence-electron chi connectivity index (χ2n) is 9.45. The molecule has 3 aromatic rings. The molecule has 3 aliphatic rings. The fourth-order valence-electron chi connectivity index (χ4n) is 5.50. The Morgan fingerprint density at radius 3 is 2.58 bits per heavy atom. The molecule has 0 aliphatic carbocycles. The Hall–Kier alpha value is -2.48. The molecule has 7 heteroatoms. The van der Waals surface area contributed by atoms with E-state index in [-0.39, 0.29) is 11.7 Å². The molecule has 0 radical (unpaired) electrons. The standard InChI is InChI=1S/C26H29N3O3S/c1-28-19-2-3-20(28)14-22(13-19)32-21-6-4-18(5-7-21)29-16-27-24-15-23(33-25(24)26(29)30)12-17-8-10-31-11-9-17/h4-7,12,15-16,19-20,22H,2-3,8-11,13-14H2,1H3. The summed E-state index contributed by atoms with van der Waals surface area (Å²) in [6, 6.07) is 11.2. The van der Waals surface area contributed by atoms with Crippen LogP contribution in [-0.4, -0.2) is 52.9 Å². The second kappa shape index (κ2) is 8.70. The molecule has 2 unspecified atom stereocenters. The fourth-order valence-corrected chi connectivity index (χ4v) is 6.53. The predicted octanol–water partition coefficient (Wildman–Crippen LogP) is 4.65. The predicted molar refractivity (Wildman–Crippen MR) is 131 cm³/mol. The third-order valence-corrected chi connectivity index (χ3v) is 8.47. The van der Waals surface area contributed by atoms with Crippen molar-refractivity contribution in [2.45, 2.75) is 56.7 Å². The zero-order valence-electron chi connectivity index (χ0n) is 18.9. The van der Waals surface area contributed by atoms with E-state index in [1.165, 1.54) is 29.8 Å². The number of hydrogen-bond donors (Lipinski definition) is 0. The molecule has 3 fully saturated rings. The van der Waals surface area contributed by atoms with Gasteiger partial charge in [0.2, 0.25) is 0 Å². The smallest absolute Gasteiger partial charge is 0.275 e. The van der Waals surface area contributed by atoms with Crippen molar-refractivity contribution in [3.8, 4) is 11.4 Å². The van der Waals surface area contributed by atoms with Gasteiger partial charge in [0.1, 0.15) is 22.9 Å². The number of nitrogens with zero attached hydrogens (tertiary/aromatic N) is 3. The summed E-state index contributed by atoms with van der Waals surface area (Å²) in [5, 5.41) is 0. The third kappa shape index (κ3) is 4.14. The summed E-state index contributed by atoms with van der Waals surface area (Å²) in [4.78, 5) is 21.4. The quantitative estimate of drug-likeness (QED) is 0.564. The number of piperidine rings is 1. The van der Waals surface area contributed by atoms with Crippen molar-refractivity contribution in [1.82, 2.24) is 14.5 Å². The van der Waals surface area contributed by atoms with Crippen molar-refractivity contribution in [3.05, 3.63) is 57.5 Å². The first-order valence-electron chi connectivity index (χ1n) is 11.9. The zero-order valence-corrected chi connectivity index (χ0v) is 19.7. The van der Waals surface area contributed by atoms with E-state index in [4.69, 9.17) is 9.47 Å². The zero-order chi connectivity index (χ0) is 22.4. The van der Waals surface area contributed by atoms with Crippen LogP contribution < -0.4 is 10.3 Å². The lowest BCUT2D eigenvalue weighted by molar-refractivity contribution is 0.0662. The van der Waals surface area contributed by atoms with Crippen molar-refractivity contribution < 1.29 is 9.47 Å². The monoisotopic (exact) mass is 463 g/mol. The summed E-state index contributed by atoms with van der Waals surface area (Å²) < 4.78 is 14.1. The van der Waals surface area contributed by atoms with Gasteiger partial charge >= 0.3 is 0 Å². The molecular formula is C26H29N3O3S. The molecule has 1 aromatic carbocycles. The summed E-state index contributed by atoms with van der Waals surface area (Å²) in [6.07, 6.45) is 10.8. The highest BCUT2D eigenvalue weighted by Crippen LogP contribution is 2.36. The molecule has 0 saturated carbocycles. The second-order valence-corrected chi connectivity index (χ2v) is 10.5. The minimum atomic E-state index is -0.0258. The molecule has 3 saturated heterocycles. The number of aromatic nitrogens is 2. The number of fused-ring (bicyclic) bond motifs is 3. The molecule has 172 valence electrons. The highest BCUT2D eigenvalue weighted by atomic mass is 32.1. The lowest BCUT2D eigenvalue weighted by Gasteiger charge is -2.36. The Morgan fingerprint density at radius 2 is 1.85 bits per heavy atom. The van der Waals surface area contributed by atoms with Crippen LogP contribution in [0.2, 0.25) is 0 Å². The van der Waals surface area contributed by atoms with Crippen LogP contribution in [0.1, 0.15) is 43.4 Å². The Labute approximate surface area is 197 Å². The first-order chi connectivity index (χ1) is 16.1. The molecule has 2 bridgehead atoms. The van der Waals surface area contributed by atoms with Gasteiger partial charge in [-0.2, -0.15) is 0 Å². The van der Waals surface area contributed by atoms with Gasteiger partial charge < -0.3 is 14.4 Å². The topological polar surface area (TPSA) is 56.6 Å². The molecule has 3 aliphatic heterocycles. The van der Waals surface area contributed by atoms with Crippen LogP contribution in [0, 0.1) is 0 Å². The van der Waals surface area contributed by atoms with Gasteiger partial charge in [0.25, 0.3) is 5.56 Å². The summed E-state index contributed by atoms with van der Waals surface area (Å²) >= 11 is 1.52. The van der Waals surface area contributed by atoms with Crippen LogP contribution in [0.25, 0.3) is 22.0 Å². The van der Waals surface area contributed by atoms with E-state index in [2.05, 4.69) is 23.0 Å². The van der Waals surface area contributed by atoms with E-state index >= 15 is 0 Å². The number of rotatable bonds is 4. The maximum Gasteiger partial charge on any atom is 0.275 e. The van der Waals surface area contributed by atoms with Crippen LogP contribution in [0.4, 0.5) is 0 Å². The number of benzene rings is 1. The van der Waals surface area contributed by atoms with Gasteiger partial charge in [0.15, 0.2) is 0 Å². The van der Waals surface area contributed by atoms with Crippen molar-refractivity contribution in [1.29, 1.82) is 0 Å². The molecule has 2 aromatic heterocycles. The van der Waals surface area contributed by atoms with Gasteiger partial charge in [-0.05, 0) is 82.0 Å².